The Kier molecular flexibility index (Phi) is 2.49. The Morgan fingerprint density at radius 3 is 2.73 bits per heavy atom. The molecule has 0 spiro atoms. The van der Waals surface area contributed by atoms with Crippen LogP contribution in [0.2, 0.25) is 0 Å². The molecule has 0 aliphatic carbocycles. The van der Waals surface area contributed by atoms with Crippen LogP contribution in [0.5, 0.6) is 0 Å². The first-order chi connectivity index (χ1) is 7.09. The fourth-order valence-corrected chi connectivity index (χ4v) is 1.69. The highest BCUT2D eigenvalue weighted by Crippen LogP contribution is 2.29. The van der Waals surface area contributed by atoms with Gasteiger partial charge in [0.25, 0.3) is 0 Å². The van der Waals surface area contributed by atoms with Crippen molar-refractivity contribution in [2.45, 2.75) is 25.8 Å². The predicted molar refractivity (Wildman–Crippen MR) is 58.2 cm³/mol. The monoisotopic (exact) mass is 207 g/mol. The standard InChI is InChI=1S/C12H14FNO/c1-7(8(2)14)11-6-10(13)5-9-3-4-15-12(9)11/h3-8H,14H2,1-2H3. The second-order valence-electron chi connectivity index (χ2n) is 3.98. The van der Waals surface area contributed by atoms with Crippen LogP contribution < -0.4 is 5.73 Å². The lowest BCUT2D eigenvalue weighted by Gasteiger charge is -2.16. The van der Waals surface area contributed by atoms with Gasteiger partial charge in [0.2, 0.25) is 0 Å². The van der Waals surface area contributed by atoms with Gasteiger partial charge < -0.3 is 10.2 Å². The number of hydrogen-bond donors (Lipinski definition) is 1. The number of benzene rings is 1. The number of hydrogen-bond acceptors (Lipinski definition) is 2. The first kappa shape index (κ1) is 10.2. The zero-order chi connectivity index (χ0) is 11.0. The SMILES string of the molecule is CC(N)C(C)c1cc(F)cc2ccoc12. The van der Waals surface area contributed by atoms with E-state index in [9.17, 15) is 4.39 Å². The minimum atomic E-state index is -0.244. The number of halogens is 1. The van der Waals surface area contributed by atoms with Crippen molar-refractivity contribution >= 4 is 11.0 Å². The number of nitrogens with two attached hydrogens (primary N) is 1. The molecule has 2 nitrogen and oxygen atoms in total. The van der Waals surface area contributed by atoms with E-state index >= 15 is 0 Å². The molecule has 0 aliphatic rings. The zero-order valence-corrected chi connectivity index (χ0v) is 8.83. The summed E-state index contributed by atoms with van der Waals surface area (Å²) in [5, 5.41) is 0.789. The van der Waals surface area contributed by atoms with Crippen LogP contribution in [0.25, 0.3) is 11.0 Å². The van der Waals surface area contributed by atoms with Crippen LogP contribution in [0.15, 0.2) is 28.9 Å². The average Bonchev–Trinajstić information content (AvgIpc) is 2.62. The lowest BCUT2D eigenvalue weighted by molar-refractivity contribution is 0.569. The molecule has 0 aliphatic heterocycles. The van der Waals surface area contributed by atoms with Crippen molar-refractivity contribution in [3.8, 4) is 0 Å². The molecule has 1 aromatic carbocycles. The van der Waals surface area contributed by atoms with Crippen LogP contribution in [0.3, 0.4) is 0 Å². The van der Waals surface area contributed by atoms with Crippen molar-refractivity contribution < 1.29 is 8.81 Å². The van der Waals surface area contributed by atoms with E-state index < -0.39 is 0 Å². The van der Waals surface area contributed by atoms with Gasteiger partial charge >= 0.3 is 0 Å². The van der Waals surface area contributed by atoms with Crippen molar-refractivity contribution in [1.29, 1.82) is 0 Å². The van der Waals surface area contributed by atoms with Crippen LogP contribution >= 0.6 is 0 Å². The van der Waals surface area contributed by atoms with Crippen LogP contribution in [-0.4, -0.2) is 6.04 Å². The summed E-state index contributed by atoms with van der Waals surface area (Å²) in [7, 11) is 0. The third kappa shape index (κ3) is 1.75. The molecule has 2 rings (SSSR count). The van der Waals surface area contributed by atoms with Crippen molar-refractivity contribution in [2.75, 3.05) is 0 Å². The lowest BCUT2D eigenvalue weighted by atomic mass is 9.93. The third-order valence-corrected chi connectivity index (χ3v) is 2.82. The van der Waals surface area contributed by atoms with Gasteiger partial charge in [-0.1, -0.05) is 6.92 Å². The smallest absolute Gasteiger partial charge is 0.137 e. The zero-order valence-electron chi connectivity index (χ0n) is 8.83. The molecule has 1 heterocycles. The molecule has 0 saturated carbocycles. The fourth-order valence-electron chi connectivity index (χ4n) is 1.69. The summed E-state index contributed by atoms with van der Waals surface area (Å²) in [6, 6.07) is 4.70. The number of fused-ring (bicyclic) bond motifs is 1. The highest BCUT2D eigenvalue weighted by atomic mass is 19.1. The Hall–Kier alpha value is -1.35. The van der Waals surface area contributed by atoms with Gasteiger partial charge in [-0.2, -0.15) is 0 Å². The van der Waals surface area contributed by atoms with E-state index in [-0.39, 0.29) is 17.8 Å². The number of rotatable bonds is 2. The van der Waals surface area contributed by atoms with Gasteiger partial charge in [-0.3, -0.25) is 0 Å². The molecule has 2 aromatic rings. The Morgan fingerprint density at radius 1 is 1.33 bits per heavy atom. The maximum atomic E-state index is 13.3. The van der Waals surface area contributed by atoms with E-state index in [0.717, 1.165) is 16.5 Å². The van der Waals surface area contributed by atoms with Gasteiger partial charge in [-0.15, -0.1) is 0 Å². The largest absolute Gasteiger partial charge is 0.464 e. The molecule has 2 atom stereocenters. The first-order valence-corrected chi connectivity index (χ1v) is 5.02. The second-order valence-corrected chi connectivity index (χ2v) is 3.98. The van der Waals surface area contributed by atoms with Crippen molar-refractivity contribution in [3.63, 3.8) is 0 Å². The molecule has 0 saturated heterocycles. The molecule has 0 bridgehead atoms. The molecule has 3 heteroatoms. The average molecular weight is 207 g/mol. The summed E-state index contributed by atoms with van der Waals surface area (Å²) in [5.41, 5.74) is 7.39. The van der Waals surface area contributed by atoms with Gasteiger partial charge in [0.1, 0.15) is 11.4 Å². The predicted octanol–water partition coefficient (Wildman–Crippen LogP) is 3.02. The number of furan rings is 1. The second kappa shape index (κ2) is 3.66. The Morgan fingerprint density at radius 2 is 2.07 bits per heavy atom. The molecular formula is C12H14FNO. The van der Waals surface area contributed by atoms with Crippen LogP contribution in [0.1, 0.15) is 25.3 Å². The first-order valence-electron chi connectivity index (χ1n) is 5.02. The normalized spacial score (nSPS) is 15.5. The van der Waals surface area contributed by atoms with E-state index in [1.54, 1.807) is 12.3 Å². The third-order valence-electron chi connectivity index (χ3n) is 2.82. The van der Waals surface area contributed by atoms with E-state index in [0.29, 0.717) is 0 Å². The summed E-state index contributed by atoms with van der Waals surface area (Å²) >= 11 is 0. The minimum Gasteiger partial charge on any atom is -0.464 e. The van der Waals surface area contributed by atoms with Crippen molar-refractivity contribution in [1.82, 2.24) is 0 Å². The summed E-state index contributed by atoms with van der Waals surface area (Å²) < 4.78 is 18.7. The van der Waals surface area contributed by atoms with Crippen LogP contribution in [0.4, 0.5) is 4.39 Å². The maximum absolute atomic E-state index is 13.3. The highest BCUT2D eigenvalue weighted by molar-refractivity contribution is 5.81. The Bertz CT molecular complexity index is 475. The topological polar surface area (TPSA) is 39.2 Å². The molecule has 0 fully saturated rings. The molecule has 2 unspecified atom stereocenters. The van der Waals surface area contributed by atoms with E-state index in [2.05, 4.69) is 0 Å². The Labute approximate surface area is 87.9 Å². The van der Waals surface area contributed by atoms with Gasteiger partial charge in [-0.05, 0) is 31.0 Å². The van der Waals surface area contributed by atoms with Crippen LogP contribution in [-0.2, 0) is 0 Å². The van der Waals surface area contributed by atoms with Gasteiger partial charge in [0.15, 0.2) is 0 Å². The highest BCUT2D eigenvalue weighted by Gasteiger charge is 2.16. The van der Waals surface area contributed by atoms with Crippen molar-refractivity contribution in [2.24, 2.45) is 5.73 Å². The summed E-state index contributed by atoms with van der Waals surface area (Å²) in [4.78, 5) is 0. The lowest BCUT2D eigenvalue weighted by Crippen LogP contribution is -2.22. The van der Waals surface area contributed by atoms with E-state index in [4.69, 9.17) is 10.2 Å². The van der Waals surface area contributed by atoms with E-state index in [1.807, 2.05) is 13.8 Å². The Balaban J connectivity index is 2.62. The molecular weight excluding hydrogens is 193 g/mol. The van der Waals surface area contributed by atoms with Gasteiger partial charge in [0.05, 0.1) is 6.26 Å². The quantitative estimate of drug-likeness (QED) is 0.822. The molecule has 0 amide bonds. The summed E-state index contributed by atoms with van der Waals surface area (Å²) in [6.45, 7) is 3.88. The molecule has 1 aromatic heterocycles. The minimum absolute atomic E-state index is 0.0277. The molecule has 0 radical (unpaired) electrons. The maximum Gasteiger partial charge on any atom is 0.137 e. The summed E-state index contributed by atoms with van der Waals surface area (Å²) in [6.07, 6.45) is 1.57. The molecule has 80 valence electrons. The van der Waals surface area contributed by atoms with Gasteiger partial charge in [-0.25, -0.2) is 4.39 Å². The van der Waals surface area contributed by atoms with E-state index in [1.165, 1.54) is 12.1 Å². The summed E-state index contributed by atoms with van der Waals surface area (Å²) in [5.74, 6) is -0.166. The molecule has 15 heavy (non-hydrogen) atoms. The molecule has 2 N–H and O–H groups in total. The fraction of sp³-hybridized carbons (Fsp3) is 0.333. The van der Waals surface area contributed by atoms with Crippen molar-refractivity contribution in [3.05, 3.63) is 35.8 Å². The van der Waals surface area contributed by atoms with Gasteiger partial charge in [0, 0.05) is 17.0 Å². The van der Waals surface area contributed by atoms with Crippen LogP contribution in [0, 0.1) is 5.82 Å².